The zero-order valence-electron chi connectivity index (χ0n) is 11.1. The molecule has 0 radical (unpaired) electrons. The van der Waals surface area contributed by atoms with Gasteiger partial charge in [0.15, 0.2) is 0 Å². The summed E-state index contributed by atoms with van der Waals surface area (Å²) in [6, 6.07) is 2.14. The number of aryl methyl sites for hydroxylation is 2. The standard InChI is InChI=1S/C13H23N3O/c1-5-12-8-13(16(4)15-12)9-14-6-7-17-10-11(2)3/h8,14H,2,5-7,9-10H2,1,3-4H3. The SMILES string of the molecule is C=C(C)COCCNCc1cc(CC)nn1C. The van der Waals surface area contributed by atoms with Crippen LogP contribution in [0.4, 0.5) is 0 Å². The number of hydrogen-bond donors (Lipinski definition) is 1. The second kappa shape index (κ2) is 7.25. The van der Waals surface area contributed by atoms with Crippen LogP contribution in [0.25, 0.3) is 0 Å². The molecule has 0 unspecified atom stereocenters. The Balaban J connectivity index is 2.17. The number of nitrogens with one attached hydrogen (secondary N) is 1. The fraction of sp³-hybridized carbons (Fsp3) is 0.615. The van der Waals surface area contributed by atoms with E-state index in [1.807, 2.05) is 18.7 Å². The Morgan fingerprint density at radius 2 is 2.35 bits per heavy atom. The maximum atomic E-state index is 5.41. The largest absolute Gasteiger partial charge is 0.376 e. The lowest BCUT2D eigenvalue weighted by atomic mass is 10.3. The number of hydrogen-bond acceptors (Lipinski definition) is 3. The molecule has 1 N–H and O–H groups in total. The van der Waals surface area contributed by atoms with Crippen molar-refractivity contribution in [2.75, 3.05) is 19.8 Å². The van der Waals surface area contributed by atoms with E-state index in [4.69, 9.17) is 4.74 Å². The molecule has 96 valence electrons. The molecule has 0 saturated heterocycles. The zero-order valence-corrected chi connectivity index (χ0v) is 11.1. The Morgan fingerprint density at radius 3 is 2.94 bits per heavy atom. The van der Waals surface area contributed by atoms with E-state index in [-0.39, 0.29) is 0 Å². The molecule has 0 atom stereocenters. The summed E-state index contributed by atoms with van der Waals surface area (Å²) in [6.45, 7) is 10.9. The summed E-state index contributed by atoms with van der Waals surface area (Å²) in [5.41, 5.74) is 3.41. The van der Waals surface area contributed by atoms with Crippen LogP contribution in [0.15, 0.2) is 18.2 Å². The molecular formula is C13H23N3O. The first-order chi connectivity index (χ1) is 8.13. The van der Waals surface area contributed by atoms with Gasteiger partial charge in [0, 0.05) is 20.1 Å². The van der Waals surface area contributed by atoms with Crippen molar-refractivity contribution in [2.24, 2.45) is 7.05 Å². The number of ether oxygens (including phenoxy) is 1. The van der Waals surface area contributed by atoms with Crippen molar-refractivity contribution in [3.63, 3.8) is 0 Å². The van der Waals surface area contributed by atoms with E-state index in [0.717, 1.165) is 30.8 Å². The van der Waals surface area contributed by atoms with Gasteiger partial charge in [0.1, 0.15) is 0 Å². The fourth-order valence-corrected chi connectivity index (χ4v) is 1.52. The van der Waals surface area contributed by atoms with Crippen molar-refractivity contribution < 1.29 is 4.74 Å². The molecule has 1 heterocycles. The van der Waals surface area contributed by atoms with E-state index in [1.54, 1.807) is 0 Å². The summed E-state index contributed by atoms with van der Waals surface area (Å²) in [5, 5.41) is 7.74. The lowest BCUT2D eigenvalue weighted by molar-refractivity contribution is 0.157. The molecular weight excluding hydrogens is 214 g/mol. The van der Waals surface area contributed by atoms with Crippen molar-refractivity contribution in [1.29, 1.82) is 0 Å². The van der Waals surface area contributed by atoms with E-state index >= 15 is 0 Å². The summed E-state index contributed by atoms with van der Waals surface area (Å²) in [4.78, 5) is 0. The van der Waals surface area contributed by atoms with Crippen LogP contribution in [0.1, 0.15) is 25.2 Å². The van der Waals surface area contributed by atoms with Gasteiger partial charge in [-0.25, -0.2) is 0 Å². The van der Waals surface area contributed by atoms with Gasteiger partial charge in [0.05, 0.1) is 24.6 Å². The first kappa shape index (κ1) is 13.9. The lowest BCUT2D eigenvalue weighted by Gasteiger charge is -2.06. The molecule has 1 aromatic rings. The molecule has 1 aromatic heterocycles. The van der Waals surface area contributed by atoms with Crippen LogP contribution in [0.2, 0.25) is 0 Å². The van der Waals surface area contributed by atoms with E-state index in [9.17, 15) is 0 Å². The Bertz CT molecular complexity index is 358. The highest BCUT2D eigenvalue weighted by molar-refractivity contribution is 5.09. The van der Waals surface area contributed by atoms with E-state index < -0.39 is 0 Å². The highest BCUT2D eigenvalue weighted by Crippen LogP contribution is 2.02. The first-order valence-corrected chi connectivity index (χ1v) is 6.08. The van der Waals surface area contributed by atoms with Gasteiger partial charge in [-0.3, -0.25) is 4.68 Å². The predicted octanol–water partition coefficient (Wildman–Crippen LogP) is 1.66. The first-order valence-electron chi connectivity index (χ1n) is 6.08. The summed E-state index contributed by atoms with van der Waals surface area (Å²) in [6.07, 6.45) is 0.982. The topological polar surface area (TPSA) is 39.1 Å². The van der Waals surface area contributed by atoms with Gasteiger partial charge in [-0.2, -0.15) is 5.10 Å². The molecule has 0 fully saturated rings. The van der Waals surface area contributed by atoms with Crippen LogP contribution >= 0.6 is 0 Å². The highest BCUT2D eigenvalue weighted by Gasteiger charge is 2.02. The maximum Gasteiger partial charge on any atom is 0.0672 e. The van der Waals surface area contributed by atoms with E-state index in [1.165, 1.54) is 5.69 Å². The molecule has 4 heteroatoms. The maximum absolute atomic E-state index is 5.41. The van der Waals surface area contributed by atoms with Gasteiger partial charge in [-0.1, -0.05) is 19.1 Å². The van der Waals surface area contributed by atoms with Crippen molar-refractivity contribution in [2.45, 2.75) is 26.8 Å². The van der Waals surface area contributed by atoms with Crippen LogP contribution in [-0.4, -0.2) is 29.5 Å². The smallest absolute Gasteiger partial charge is 0.0672 e. The van der Waals surface area contributed by atoms with Crippen molar-refractivity contribution >= 4 is 0 Å². The van der Waals surface area contributed by atoms with E-state index in [0.29, 0.717) is 13.2 Å². The van der Waals surface area contributed by atoms with Crippen LogP contribution in [0.3, 0.4) is 0 Å². The minimum Gasteiger partial charge on any atom is -0.376 e. The van der Waals surface area contributed by atoms with Gasteiger partial charge in [0.25, 0.3) is 0 Å². The summed E-state index contributed by atoms with van der Waals surface area (Å²) in [7, 11) is 1.98. The molecule has 0 bridgehead atoms. The van der Waals surface area contributed by atoms with Crippen LogP contribution in [0.5, 0.6) is 0 Å². The van der Waals surface area contributed by atoms with Crippen LogP contribution in [-0.2, 0) is 24.8 Å². The predicted molar refractivity (Wildman–Crippen MR) is 69.9 cm³/mol. The molecule has 0 spiro atoms. The molecule has 4 nitrogen and oxygen atoms in total. The lowest BCUT2D eigenvalue weighted by Crippen LogP contribution is -2.21. The Hall–Kier alpha value is -1.13. The number of aromatic nitrogens is 2. The average Bonchev–Trinajstić information content (AvgIpc) is 2.64. The molecule has 17 heavy (non-hydrogen) atoms. The molecule has 0 amide bonds. The Kier molecular flexibility index (Phi) is 5.94. The zero-order chi connectivity index (χ0) is 12.7. The summed E-state index contributed by atoms with van der Waals surface area (Å²) < 4.78 is 7.34. The quantitative estimate of drug-likeness (QED) is 0.552. The highest BCUT2D eigenvalue weighted by atomic mass is 16.5. The van der Waals surface area contributed by atoms with Gasteiger partial charge in [-0.05, 0) is 19.4 Å². The minimum atomic E-state index is 0.646. The van der Waals surface area contributed by atoms with Crippen molar-refractivity contribution in [1.82, 2.24) is 15.1 Å². The van der Waals surface area contributed by atoms with Crippen LogP contribution in [0, 0.1) is 0 Å². The third-order valence-electron chi connectivity index (χ3n) is 2.47. The Morgan fingerprint density at radius 1 is 1.59 bits per heavy atom. The molecule has 0 saturated carbocycles. The third-order valence-corrected chi connectivity index (χ3v) is 2.47. The van der Waals surface area contributed by atoms with Crippen molar-refractivity contribution in [3.05, 3.63) is 29.6 Å². The van der Waals surface area contributed by atoms with E-state index in [2.05, 4.69) is 30.0 Å². The van der Waals surface area contributed by atoms with Gasteiger partial charge >= 0.3 is 0 Å². The normalized spacial score (nSPS) is 10.8. The molecule has 1 rings (SSSR count). The third kappa shape index (κ3) is 5.15. The Labute approximate surface area is 104 Å². The molecule has 0 aliphatic rings. The molecule has 0 aliphatic heterocycles. The minimum absolute atomic E-state index is 0.646. The molecule has 0 aromatic carbocycles. The number of nitrogens with zero attached hydrogens (tertiary/aromatic N) is 2. The molecule has 0 aliphatic carbocycles. The van der Waals surface area contributed by atoms with Gasteiger partial charge in [0.2, 0.25) is 0 Å². The van der Waals surface area contributed by atoms with Gasteiger partial charge < -0.3 is 10.1 Å². The summed E-state index contributed by atoms with van der Waals surface area (Å²) >= 11 is 0. The monoisotopic (exact) mass is 237 g/mol. The fourth-order valence-electron chi connectivity index (χ4n) is 1.52. The number of rotatable bonds is 8. The second-order valence-corrected chi connectivity index (χ2v) is 4.29. The van der Waals surface area contributed by atoms with Crippen LogP contribution < -0.4 is 5.32 Å². The second-order valence-electron chi connectivity index (χ2n) is 4.29. The van der Waals surface area contributed by atoms with Gasteiger partial charge in [-0.15, -0.1) is 0 Å². The average molecular weight is 237 g/mol. The summed E-state index contributed by atoms with van der Waals surface area (Å²) in [5.74, 6) is 0. The van der Waals surface area contributed by atoms with Crippen molar-refractivity contribution in [3.8, 4) is 0 Å².